The van der Waals surface area contributed by atoms with Gasteiger partial charge in [-0.1, -0.05) is 34.6 Å². The second-order valence-electron chi connectivity index (χ2n) is 4.71. The smallest absolute Gasteiger partial charge is 0.258 e. The van der Waals surface area contributed by atoms with Crippen LogP contribution < -0.4 is 10.6 Å². The molecule has 0 aliphatic rings. The maximum absolute atomic E-state index is 11.1. The number of benzene rings is 2. The molecule has 3 rings (SSSR count). The standard InChI is InChI=1S/C14H10N4O4S/c1-9-2-5-11(6-3-9)23-13-7-4-10(18(20)21)8-12(13)17-15-14(19)22-16-17/h2-8H,1H3/p+1. The Morgan fingerprint density at radius 3 is 2.61 bits per heavy atom. The van der Waals surface area contributed by atoms with Crippen LogP contribution in [0, 0.1) is 17.0 Å². The van der Waals surface area contributed by atoms with E-state index in [1.54, 1.807) is 6.07 Å². The minimum Gasteiger partial charge on any atom is -0.258 e. The molecule has 9 heteroatoms. The van der Waals surface area contributed by atoms with Crippen molar-refractivity contribution in [1.29, 1.82) is 0 Å². The van der Waals surface area contributed by atoms with E-state index in [1.165, 1.54) is 23.9 Å². The number of H-pyrrole nitrogens is 1. The summed E-state index contributed by atoms with van der Waals surface area (Å²) in [6, 6.07) is 12.2. The van der Waals surface area contributed by atoms with Crippen LogP contribution >= 0.6 is 11.8 Å². The lowest BCUT2D eigenvalue weighted by atomic mass is 10.2. The maximum atomic E-state index is 11.1. The summed E-state index contributed by atoms with van der Waals surface area (Å²) in [7, 11) is 0. The second kappa shape index (κ2) is 6.05. The number of nitro groups is 1. The normalized spacial score (nSPS) is 10.7. The van der Waals surface area contributed by atoms with Gasteiger partial charge in [-0.05, 0) is 25.1 Å². The van der Waals surface area contributed by atoms with E-state index in [1.807, 2.05) is 31.2 Å². The van der Waals surface area contributed by atoms with E-state index in [9.17, 15) is 14.9 Å². The summed E-state index contributed by atoms with van der Waals surface area (Å²) in [4.78, 5) is 24.3. The van der Waals surface area contributed by atoms with E-state index in [2.05, 4.69) is 14.9 Å². The van der Waals surface area contributed by atoms with Gasteiger partial charge in [0.05, 0.1) is 20.7 Å². The number of nitro benzene ring substituents is 1. The van der Waals surface area contributed by atoms with E-state index >= 15 is 0 Å². The monoisotopic (exact) mass is 331 g/mol. The fraction of sp³-hybridized carbons (Fsp3) is 0.0714. The largest absolute Gasteiger partial charge is 0.493 e. The molecule has 1 N–H and O–H groups in total. The molecule has 0 bridgehead atoms. The van der Waals surface area contributed by atoms with Crippen LogP contribution in [0.2, 0.25) is 0 Å². The number of rotatable bonds is 4. The average molecular weight is 331 g/mol. The molecule has 0 saturated carbocycles. The summed E-state index contributed by atoms with van der Waals surface area (Å²) < 4.78 is 4.46. The van der Waals surface area contributed by atoms with Crippen LogP contribution in [-0.2, 0) is 0 Å². The highest BCUT2D eigenvalue weighted by atomic mass is 32.2. The summed E-state index contributed by atoms with van der Waals surface area (Å²) >= 11 is 1.40. The third-order valence-corrected chi connectivity index (χ3v) is 4.11. The van der Waals surface area contributed by atoms with E-state index < -0.39 is 10.7 Å². The van der Waals surface area contributed by atoms with Gasteiger partial charge in [0.1, 0.15) is 0 Å². The van der Waals surface area contributed by atoms with Crippen LogP contribution in [0.1, 0.15) is 5.56 Å². The predicted octanol–water partition coefficient (Wildman–Crippen LogP) is 2.01. The molecule has 1 aromatic heterocycles. The Labute approximate surface area is 133 Å². The van der Waals surface area contributed by atoms with Crippen LogP contribution in [-0.4, -0.2) is 15.3 Å². The van der Waals surface area contributed by atoms with Gasteiger partial charge in [0.2, 0.25) is 5.27 Å². The zero-order valence-corrected chi connectivity index (χ0v) is 12.7. The molecular formula is C14H11N4O4S+. The van der Waals surface area contributed by atoms with Crippen molar-refractivity contribution in [2.45, 2.75) is 16.7 Å². The average Bonchev–Trinajstić information content (AvgIpc) is 2.96. The van der Waals surface area contributed by atoms with Crippen molar-refractivity contribution in [3.05, 3.63) is 68.7 Å². The van der Waals surface area contributed by atoms with Gasteiger partial charge in [0.15, 0.2) is 0 Å². The highest BCUT2D eigenvalue weighted by Crippen LogP contribution is 2.32. The number of non-ortho nitro benzene ring substituents is 1. The molecule has 0 radical (unpaired) electrons. The Kier molecular flexibility index (Phi) is 3.94. The SMILES string of the molecule is Cc1ccc(Sc2ccc([N+](=O)[O-])cc2-[n+]2noc(=O)[nH]2)cc1. The third kappa shape index (κ3) is 3.29. The highest BCUT2D eigenvalue weighted by Gasteiger charge is 2.23. The van der Waals surface area contributed by atoms with Crippen LogP contribution in [0.3, 0.4) is 0 Å². The van der Waals surface area contributed by atoms with Gasteiger partial charge >= 0.3 is 5.76 Å². The molecule has 0 aliphatic heterocycles. The summed E-state index contributed by atoms with van der Waals surface area (Å²) in [5.41, 5.74) is 1.38. The van der Waals surface area contributed by atoms with Crippen molar-refractivity contribution in [2.24, 2.45) is 0 Å². The summed E-state index contributed by atoms with van der Waals surface area (Å²) in [6.45, 7) is 1.99. The zero-order valence-electron chi connectivity index (χ0n) is 11.9. The molecular weight excluding hydrogens is 320 g/mol. The first-order chi connectivity index (χ1) is 11.0. The molecule has 3 aromatic rings. The Hall–Kier alpha value is -2.94. The Balaban J connectivity index is 2.06. The van der Waals surface area contributed by atoms with Gasteiger partial charge in [-0.15, -0.1) is 0 Å². The van der Waals surface area contributed by atoms with E-state index in [-0.39, 0.29) is 5.69 Å². The first-order valence-corrected chi connectivity index (χ1v) is 7.36. The lowest BCUT2D eigenvalue weighted by Gasteiger charge is -2.02. The Morgan fingerprint density at radius 2 is 2.00 bits per heavy atom. The third-order valence-electron chi connectivity index (χ3n) is 3.03. The number of hydrogen-bond donors (Lipinski definition) is 1. The highest BCUT2D eigenvalue weighted by molar-refractivity contribution is 7.99. The van der Waals surface area contributed by atoms with E-state index in [4.69, 9.17) is 0 Å². The lowest BCUT2D eigenvalue weighted by Crippen LogP contribution is -2.38. The van der Waals surface area contributed by atoms with Gasteiger partial charge in [0.25, 0.3) is 11.4 Å². The van der Waals surface area contributed by atoms with Gasteiger partial charge in [-0.2, -0.15) is 0 Å². The van der Waals surface area contributed by atoms with Crippen molar-refractivity contribution in [3.8, 4) is 5.69 Å². The first kappa shape index (κ1) is 15.0. The number of aromatic amines is 1. The molecule has 0 atom stereocenters. The van der Waals surface area contributed by atoms with Crippen molar-refractivity contribution in [2.75, 3.05) is 0 Å². The van der Waals surface area contributed by atoms with Crippen molar-refractivity contribution in [1.82, 2.24) is 10.4 Å². The zero-order chi connectivity index (χ0) is 16.4. The predicted molar refractivity (Wildman–Crippen MR) is 80.6 cm³/mol. The van der Waals surface area contributed by atoms with Crippen LogP contribution in [0.5, 0.6) is 0 Å². The van der Waals surface area contributed by atoms with E-state index in [0.29, 0.717) is 10.6 Å². The molecule has 0 amide bonds. The minimum absolute atomic E-state index is 0.107. The molecule has 0 fully saturated rings. The fourth-order valence-corrected chi connectivity index (χ4v) is 2.83. The van der Waals surface area contributed by atoms with Crippen LogP contribution in [0.4, 0.5) is 5.69 Å². The lowest BCUT2D eigenvalue weighted by molar-refractivity contribution is -0.727. The maximum Gasteiger partial charge on any atom is 0.493 e. The fourth-order valence-electron chi connectivity index (χ4n) is 1.91. The molecule has 23 heavy (non-hydrogen) atoms. The topological polar surface area (TPSA) is 106 Å². The first-order valence-electron chi connectivity index (χ1n) is 6.54. The quantitative estimate of drug-likeness (QED) is 0.445. The number of nitrogens with one attached hydrogen (secondary N) is 1. The number of nitrogens with zero attached hydrogens (tertiary/aromatic N) is 3. The number of aryl methyl sites for hydroxylation is 1. The molecule has 2 aromatic carbocycles. The summed E-state index contributed by atoms with van der Waals surface area (Å²) in [5, 5.41) is 16.9. The Bertz CT molecular complexity index is 917. The molecule has 1 heterocycles. The van der Waals surface area contributed by atoms with Crippen molar-refractivity contribution >= 4 is 17.4 Å². The molecule has 0 spiro atoms. The van der Waals surface area contributed by atoms with Crippen molar-refractivity contribution in [3.63, 3.8) is 0 Å². The van der Waals surface area contributed by atoms with Gasteiger partial charge in [0, 0.05) is 11.0 Å². The molecule has 0 unspecified atom stereocenters. The molecule has 0 aliphatic carbocycles. The van der Waals surface area contributed by atoms with Crippen LogP contribution in [0.15, 0.2) is 61.6 Å². The van der Waals surface area contributed by atoms with E-state index in [0.717, 1.165) is 15.3 Å². The van der Waals surface area contributed by atoms with Gasteiger partial charge in [-0.25, -0.2) is 9.32 Å². The van der Waals surface area contributed by atoms with Crippen molar-refractivity contribution < 1.29 is 14.2 Å². The Morgan fingerprint density at radius 1 is 1.26 bits per heavy atom. The number of aromatic nitrogens is 3. The summed E-state index contributed by atoms with van der Waals surface area (Å²) in [6.07, 6.45) is 0. The summed E-state index contributed by atoms with van der Waals surface area (Å²) in [5.74, 6) is -0.747. The molecule has 8 nitrogen and oxygen atoms in total. The number of hydrogen-bond acceptors (Lipinski definition) is 6. The second-order valence-corrected chi connectivity index (χ2v) is 5.82. The minimum atomic E-state index is -0.747. The molecule has 0 saturated heterocycles. The van der Waals surface area contributed by atoms with Crippen LogP contribution in [0.25, 0.3) is 5.69 Å². The molecule has 116 valence electrons. The van der Waals surface area contributed by atoms with Gasteiger partial charge < -0.3 is 0 Å². The van der Waals surface area contributed by atoms with Gasteiger partial charge in [-0.3, -0.25) is 10.1 Å².